The van der Waals surface area contributed by atoms with Crippen LogP contribution in [-0.4, -0.2) is 7.11 Å². The Bertz CT molecular complexity index is 610. The summed E-state index contributed by atoms with van der Waals surface area (Å²) < 4.78 is 5.44. The Kier molecular flexibility index (Phi) is 4.56. The first kappa shape index (κ1) is 14.7. The highest BCUT2D eigenvalue weighted by Gasteiger charge is 2.12. The third-order valence-electron chi connectivity index (χ3n) is 3.41. The van der Waals surface area contributed by atoms with Crippen LogP contribution >= 0.6 is 11.6 Å². The zero-order valence-electron chi connectivity index (χ0n) is 12.3. The van der Waals surface area contributed by atoms with Gasteiger partial charge in [0.1, 0.15) is 5.75 Å². The quantitative estimate of drug-likeness (QED) is 0.841. The van der Waals surface area contributed by atoms with Crippen LogP contribution in [0.1, 0.15) is 29.7 Å². The van der Waals surface area contributed by atoms with E-state index in [0.717, 1.165) is 27.6 Å². The van der Waals surface area contributed by atoms with Gasteiger partial charge in [0.2, 0.25) is 0 Å². The van der Waals surface area contributed by atoms with E-state index < -0.39 is 0 Å². The molecule has 0 aliphatic rings. The molecular weight excluding hydrogens is 270 g/mol. The minimum atomic E-state index is 0.142. The average Bonchev–Trinajstić information content (AvgIpc) is 2.43. The van der Waals surface area contributed by atoms with Gasteiger partial charge in [-0.2, -0.15) is 0 Å². The van der Waals surface area contributed by atoms with Crippen LogP contribution in [0.4, 0.5) is 5.69 Å². The molecule has 2 aromatic rings. The van der Waals surface area contributed by atoms with Crippen LogP contribution in [0, 0.1) is 13.8 Å². The van der Waals surface area contributed by atoms with E-state index in [0.29, 0.717) is 0 Å². The molecule has 106 valence electrons. The molecule has 0 saturated carbocycles. The molecule has 0 bridgehead atoms. The lowest BCUT2D eigenvalue weighted by Crippen LogP contribution is -2.08. The molecule has 2 aromatic carbocycles. The van der Waals surface area contributed by atoms with E-state index in [2.05, 4.69) is 31.3 Å². The highest BCUT2D eigenvalue weighted by molar-refractivity contribution is 6.31. The molecule has 2 rings (SSSR count). The summed E-state index contributed by atoms with van der Waals surface area (Å²) in [5, 5.41) is 4.24. The number of aryl methyl sites for hydroxylation is 2. The van der Waals surface area contributed by atoms with Crippen LogP contribution in [0.25, 0.3) is 0 Å². The van der Waals surface area contributed by atoms with Crippen molar-refractivity contribution >= 4 is 17.3 Å². The number of hydrogen-bond acceptors (Lipinski definition) is 2. The minimum Gasteiger partial charge on any atom is -0.496 e. The molecule has 0 amide bonds. The fourth-order valence-corrected chi connectivity index (χ4v) is 2.38. The standard InChI is InChI=1S/C17H20ClNO/c1-11-5-8-17(20-4)15(9-11)13(3)19-14-7-6-12(2)16(18)10-14/h5-10,13,19H,1-4H3. The maximum absolute atomic E-state index is 6.16. The maximum Gasteiger partial charge on any atom is 0.124 e. The van der Waals surface area contributed by atoms with Gasteiger partial charge in [-0.25, -0.2) is 0 Å². The van der Waals surface area contributed by atoms with Crippen molar-refractivity contribution in [3.8, 4) is 5.75 Å². The molecule has 0 radical (unpaired) electrons. The van der Waals surface area contributed by atoms with E-state index in [1.165, 1.54) is 5.56 Å². The van der Waals surface area contributed by atoms with E-state index in [4.69, 9.17) is 16.3 Å². The van der Waals surface area contributed by atoms with Crippen LogP contribution in [-0.2, 0) is 0 Å². The monoisotopic (exact) mass is 289 g/mol. The summed E-state index contributed by atoms with van der Waals surface area (Å²) in [6.45, 7) is 6.20. The third-order valence-corrected chi connectivity index (χ3v) is 3.81. The van der Waals surface area contributed by atoms with Crippen LogP contribution in [0.3, 0.4) is 0 Å². The van der Waals surface area contributed by atoms with Gasteiger partial charge in [0.15, 0.2) is 0 Å². The van der Waals surface area contributed by atoms with E-state index in [1.54, 1.807) is 7.11 Å². The topological polar surface area (TPSA) is 21.3 Å². The number of rotatable bonds is 4. The molecule has 0 spiro atoms. The predicted octanol–water partition coefficient (Wildman–Crippen LogP) is 5.14. The molecule has 20 heavy (non-hydrogen) atoms. The summed E-state index contributed by atoms with van der Waals surface area (Å²) in [6.07, 6.45) is 0. The summed E-state index contributed by atoms with van der Waals surface area (Å²) >= 11 is 6.16. The van der Waals surface area contributed by atoms with Crippen molar-refractivity contribution in [3.63, 3.8) is 0 Å². The molecule has 0 aromatic heterocycles. The molecule has 0 aliphatic carbocycles. The van der Waals surface area contributed by atoms with Gasteiger partial charge >= 0.3 is 0 Å². The number of halogens is 1. The van der Waals surface area contributed by atoms with Crippen molar-refractivity contribution < 1.29 is 4.74 Å². The van der Waals surface area contributed by atoms with Crippen molar-refractivity contribution in [2.24, 2.45) is 0 Å². The van der Waals surface area contributed by atoms with E-state index in [-0.39, 0.29) is 6.04 Å². The summed E-state index contributed by atoms with van der Waals surface area (Å²) in [5.41, 5.74) is 4.45. The highest BCUT2D eigenvalue weighted by Crippen LogP contribution is 2.29. The van der Waals surface area contributed by atoms with Gasteiger partial charge in [0.25, 0.3) is 0 Å². The van der Waals surface area contributed by atoms with Crippen molar-refractivity contribution in [1.82, 2.24) is 0 Å². The fourth-order valence-electron chi connectivity index (χ4n) is 2.20. The van der Waals surface area contributed by atoms with Gasteiger partial charge in [-0.05, 0) is 44.5 Å². The summed E-state index contributed by atoms with van der Waals surface area (Å²) in [5.74, 6) is 0.897. The zero-order valence-corrected chi connectivity index (χ0v) is 13.1. The van der Waals surface area contributed by atoms with Crippen molar-refractivity contribution in [3.05, 3.63) is 58.1 Å². The van der Waals surface area contributed by atoms with Gasteiger partial charge in [0.05, 0.1) is 13.2 Å². The SMILES string of the molecule is COc1ccc(C)cc1C(C)Nc1ccc(C)c(Cl)c1. The van der Waals surface area contributed by atoms with Crippen LogP contribution in [0.15, 0.2) is 36.4 Å². The van der Waals surface area contributed by atoms with Gasteiger partial charge in [0, 0.05) is 16.3 Å². The van der Waals surface area contributed by atoms with Crippen molar-refractivity contribution in [2.45, 2.75) is 26.8 Å². The van der Waals surface area contributed by atoms with Crippen LogP contribution in [0.2, 0.25) is 5.02 Å². The Morgan fingerprint density at radius 2 is 1.85 bits per heavy atom. The number of methoxy groups -OCH3 is 1. The molecule has 1 N–H and O–H groups in total. The Morgan fingerprint density at radius 1 is 1.10 bits per heavy atom. The summed E-state index contributed by atoms with van der Waals surface area (Å²) in [4.78, 5) is 0. The fraction of sp³-hybridized carbons (Fsp3) is 0.294. The van der Waals surface area contributed by atoms with E-state index in [1.807, 2.05) is 31.2 Å². The molecule has 0 fully saturated rings. The second kappa shape index (κ2) is 6.19. The Balaban J connectivity index is 2.25. The van der Waals surface area contributed by atoms with E-state index in [9.17, 15) is 0 Å². The number of nitrogens with one attached hydrogen (secondary N) is 1. The van der Waals surface area contributed by atoms with Crippen molar-refractivity contribution in [2.75, 3.05) is 12.4 Å². The second-order valence-corrected chi connectivity index (χ2v) is 5.48. The van der Waals surface area contributed by atoms with Gasteiger partial charge in [-0.3, -0.25) is 0 Å². The van der Waals surface area contributed by atoms with Gasteiger partial charge < -0.3 is 10.1 Å². The molecule has 2 nitrogen and oxygen atoms in total. The molecule has 0 aliphatic heterocycles. The molecule has 1 atom stereocenters. The Labute approximate surface area is 125 Å². The summed E-state index contributed by atoms with van der Waals surface area (Å²) in [6, 6.07) is 12.4. The normalized spacial score (nSPS) is 12.1. The first-order chi connectivity index (χ1) is 9.51. The first-order valence-corrected chi connectivity index (χ1v) is 7.06. The lowest BCUT2D eigenvalue weighted by Gasteiger charge is -2.19. The highest BCUT2D eigenvalue weighted by atomic mass is 35.5. The molecule has 3 heteroatoms. The smallest absolute Gasteiger partial charge is 0.124 e. The lowest BCUT2D eigenvalue weighted by atomic mass is 10.0. The number of anilines is 1. The minimum absolute atomic E-state index is 0.142. The number of ether oxygens (including phenoxy) is 1. The molecule has 0 heterocycles. The Hall–Kier alpha value is -1.67. The van der Waals surface area contributed by atoms with Gasteiger partial charge in [-0.1, -0.05) is 35.4 Å². The number of hydrogen-bond donors (Lipinski definition) is 1. The predicted molar refractivity (Wildman–Crippen MR) is 86.0 cm³/mol. The Morgan fingerprint density at radius 3 is 2.50 bits per heavy atom. The van der Waals surface area contributed by atoms with Gasteiger partial charge in [-0.15, -0.1) is 0 Å². The molecular formula is C17H20ClNO. The first-order valence-electron chi connectivity index (χ1n) is 6.68. The largest absolute Gasteiger partial charge is 0.496 e. The summed E-state index contributed by atoms with van der Waals surface area (Å²) in [7, 11) is 1.70. The van der Waals surface area contributed by atoms with Crippen molar-refractivity contribution in [1.29, 1.82) is 0 Å². The third kappa shape index (κ3) is 3.26. The van der Waals surface area contributed by atoms with Crippen LogP contribution < -0.4 is 10.1 Å². The molecule has 0 saturated heterocycles. The number of benzene rings is 2. The maximum atomic E-state index is 6.16. The van der Waals surface area contributed by atoms with Crippen LogP contribution in [0.5, 0.6) is 5.75 Å². The zero-order chi connectivity index (χ0) is 14.7. The van der Waals surface area contributed by atoms with E-state index >= 15 is 0 Å². The second-order valence-electron chi connectivity index (χ2n) is 5.08. The molecule has 1 unspecified atom stereocenters. The average molecular weight is 290 g/mol. The lowest BCUT2D eigenvalue weighted by molar-refractivity contribution is 0.408.